The Morgan fingerprint density at radius 1 is 1.67 bits per heavy atom. The summed E-state index contributed by atoms with van der Waals surface area (Å²) < 4.78 is 0.867. The molecule has 1 atom stereocenters. The quantitative estimate of drug-likeness (QED) is 0.833. The highest BCUT2D eigenvalue weighted by molar-refractivity contribution is 9.10. The van der Waals surface area contributed by atoms with E-state index in [1.807, 2.05) is 19.1 Å². The molecule has 0 spiro atoms. The normalized spacial score (nSPS) is 27.1. The lowest BCUT2D eigenvalue weighted by molar-refractivity contribution is 0.0679. The molecule has 0 aromatic carbocycles. The maximum atomic E-state index is 9.83. The van der Waals surface area contributed by atoms with Crippen molar-refractivity contribution in [1.29, 1.82) is 0 Å². The summed E-state index contributed by atoms with van der Waals surface area (Å²) in [7, 11) is 0. The van der Waals surface area contributed by atoms with Crippen LogP contribution in [0.3, 0.4) is 0 Å². The smallest absolute Gasteiger partial charge is 0.106 e. The minimum absolute atomic E-state index is 0.510. The summed E-state index contributed by atoms with van der Waals surface area (Å²) in [4.78, 5) is 6.36. The van der Waals surface area contributed by atoms with Crippen LogP contribution in [0.1, 0.15) is 18.9 Å². The van der Waals surface area contributed by atoms with Gasteiger partial charge in [-0.25, -0.2) is 4.98 Å². The molecule has 0 aliphatic carbocycles. The lowest BCUT2D eigenvalue weighted by Crippen LogP contribution is -2.29. The molecule has 82 valence electrons. The molecule has 1 aromatic rings. The molecule has 2 rings (SSSR count). The van der Waals surface area contributed by atoms with Crippen molar-refractivity contribution < 1.29 is 5.11 Å². The number of aliphatic hydroxyl groups is 1. The second-order valence-electron chi connectivity index (χ2n) is 4.44. The van der Waals surface area contributed by atoms with Gasteiger partial charge in [-0.1, -0.05) is 0 Å². The summed E-state index contributed by atoms with van der Waals surface area (Å²) in [6.07, 6.45) is 2.66. The largest absolute Gasteiger partial charge is 0.389 e. The number of rotatable bonds is 2. The zero-order chi connectivity index (χ0) is 10.9. The molecule has 1 N–H and O–H groups in total. The van der Waals surface area contributed by atoms with E-state index in [1.54, 1.807) is 6.20 Å². The standard InChI is InChI=1S/C11H15BrN2O/c1-11(15)3-5-14(8-11)7-9-2-4-13-10(12)6-9/h2,4,6,15H,3,5,7-8H2,1H3/t11-/m0/s1. The van der Waals surface area contributed by atoms with Crippen LogP contribution in [0.2, 0.25) is 0 Å². The molecule has 0 unspecified atom stereocenters. The molecule has 0 bridgehead atoms. The van der Waals surface area contributed by atoms with E-state index in [-0.39, 0.29) is 0 Å². The number of halogens is 1. The molecule has 3 nitrogen and oxygen atoms in total. The van der Waals surface area contributed by atoms with Crippen molar-refractivity contribution in [3.8, 4) is 0 Å². The predicted molar refractivity (Wildman–Crippen MR) is 62.5 cm³/mol. The molecule has 0 radical (unpaired) electrons. The van der Waals surface area contributed by atoms with Gasteiger partial charge in [0, 0.05) is 25.8 Å². The molecule has 1 aliphatic rings. The van der Waals surface area contributed by atoms with Crippen LogP contribution in [0.5, 0.6) is 0 Å². The minimum atomic E-state index is -0.510. The van der Waals surface area contributed by atoms with Crippen molar-refractivity contribution in [2.45, 2.75) is 25.5 Å². The van der Waals surface area contributed by atoms with Crippen molar-refractivity contribution in [3.05, 3.63) is 28.5 Å². The highest BCUT2D eigenvalue weighted by atomic mass is 79.9. The van der Waals surface area contributed by atoms with E-state index in [9.17, 15) is 5.11 Å². The predicted octanol–water partition coefficient (Wildman–Crippen LogP) is 1.80. The Kier molecular flexibility index (Phi) is 3.09. The molecule has 2 heterocycles. The Morgan fingerprint density at radius 2 is 2.47 bits per heavy atom. The van der Waals surface area contributed by atoms with Gasteiger partial charge in [-0.15, -0.1) is 0 Å². The molecule has 4 heteroatoms. The van der Waals surface area contributed by atoms with Gasteiger partial charge in [0.05, 0.1) is 5.60 Å². The Bertz CT molecular complexity index is 354. The van der Waals surface area contributed by atoms with Gasteiger partial charge < -0.3 is 5.11 Å². The van der Waals surface area contributed by atoms with Crippen LogP contribution >= 0.6 is 15.9 Å². The molecule has 15 heavy (non-hydrogen) atoms. The summed E-state index contributed by atoms with van der Waals surface area (Å²) in [6, 6.07) is 4.03. The lowest BCUT2D eigenvalue weighted by Gasteiger charge is -2.18. The van der Waals surface area contributed by atoms with E-state index < -0.39 is 5.60 Å². The van der Waals surface area contributed by atoms with E-state index in [2.05, 4.69) is 25.8 Å². The maximum Gasteiger partial charge on any atom is 0.106 e. The summed E-state index contributed by atoms with van der Waals surface area (Å²) >= 11 is 3.35. The van der Waals surface area contributed by atoms with Gasteiger partial charge in [-0.3, -0.25) is 4.90 Å². The molecule has 0 saturated carbocycles. The number of hydrogen-bond acceptors (Lipinski definition) is 3. The van der Waals surface area contributed by atoms with Gasteiger partial charge in [0.15, 0.2) is 0 Å². The van der Waals surface area contributed by atoms with Crippen molar-refractivity contribution in [1.82, 2.24) is 9.88 Å². The maximum absolute atomic E-state index is 9.83. The molecule has 1 fully saturated rings. The summed E-state index contributed by atoms with van der Waals surface area (Å²) in [5, 5.41) is 9.83. The Balaban J connectivity index is 1.99. The third-order valence-electron chi connectivity index (χ3n) is 2.73. The van der Waals surface area contributed by atoms with E-state index in [0.717, 1.165) is 30.7 Å². The van der Waals surface area contributed by atoms with Gasteiger partial charge in [0.25, 0.3) is 0 Å². The van der Waals surface area contributed by atoms with Gasteiger partial charge in [0.2, 0.25) is 0 Å². The van der Waals surface area contributed by atoms with Crippen LogP contribution < -0.4 is 0 Å². The molecule has 0 amide bonds. The van der Waals surface area contributed by atoms with Crippen LogP contribution in [0.4, 0.5) is 0 Å². The minimum Gasteiger partial charge on any atom is -0.389 e. The number of likely N-dealkylation sites (tertiary alicyclic amines) is 1. The Hall–Kier alpha value is -0.450. The van der Waals surface area contributed by atoms with Crippen molar-refractivity contribution in [2.24, 2.45) is 0 Å². The molecule has 1 saturated heterocycles. The van der Waals surface area contributed by atoms with Crippen molar-refractivity contribution in [2.75, 3.05) is 13.1 Å². The topological polar surface area (TPSA) is 36.4 Å². The number of nitrogens with zero attached hydrogens (tertiary/aromatic N) is 2. The summed E-state index contributed by atoms with van der Waals surface area (Å²) in [5.74, 6) is 0. The zero-order valence-electron chi connectivity index (χ0n) is 8.78. The molecule has 1 aromatic heterocycles. The van der Waals surface area contributed by atoms with Crippen LogP contribution in [-0.4, -0.2) is 33.7 Å². The van der Waals surface area contributed by atoms with E-state index in [4.69, 9.17) is 0 Å². The van der Waals surface area contributed by atoms with E-state index in [0.29, 0.717) is 0 Å². The lowest BCUT2D eigenvalue weighted by atomic mass is 10.1. The third-order valence-corrected chi connectivity index (χ3v) is 3.16. The highest BCUT2D eigenvalue weighted by Gasteiger charge is 2.30. The fraction of sp³-hybridized carbons (Fsp3) is 0.545. The van der Waals surface area contributed by atoms with Crippen LogP contribution in [0.25, 0.3) is 0 Å². The van der Waals surface area contributed by atoms with Crippen molar-refractivity contribution in [3.63, 3.8) is 0 Å². The monoisotopic (exact) mass is 270 g/mol. The number of aromatic nitrogens is 1. The van der Waals surface area contributed by atoms with Gasteiger partial charge >= 0.3 is 0 Å². The number of β-amino-alcohol motifs (C(OH)–C–C–N with tert-alkyl or cyclic N) is 1. The second-order valence-corrected chi connectivity index (χ2v) is 5.26. The molecular formula is C11H15BrN2O. The molecule has 1 aliphatic heterocycles. The highest BCUT2D eigenvalue weighted by Crippen LogP contribution is 2.22. The second kappa shape index (κ2) is 4.20. The first-order chi connectivity index (χ1) is 7.05. The van der Waals surface area contributed by atoms with Crippen LogP contribution in [-0.2, 0) is 6.54 Å². The van der Waals surface area contributed by atoms with Crippen LogP contribution in [0, 0.1) is 0 Å². The third kappa shape index (κ3) is 3.00. The fourth-order valence-corrected chi connectivity index (χ4v) is 2.39. The van der Waals surface area contributed by atoms with E-state index in [1.165, 1.54) is 5.56 Å². The first kappa shape index (κ1) is 11.0. The average Bonchev–Trinajstić information content (AvgIpc) is 2.45. The average molecular weight is 271 g/mol. The summed E-state index contributed by atoms with van der Waals surface area (Å²) in [5.41, 5.74) is 0.721. The summed E-state index contributed by atoms with van der Waals surface area (Å²) in [6.45, 7) is 4.51. The van der Waals surface area contributed by atoms with Gasteiger partial charge in [-0.2, -0.15) is 0 Å². The number of hydrogen-bond donors (Lipinski definition) is 1. The Labute approximate surface area is 98.3 Å². The van der Waals surface area contributed by atoms with Gasteiger partial charge in [-0.05, 0) is 47.0 Å². The molecular weight excluding hydrogens is 256 g/mol. The zero-order valence-corrected chi connectivity index (χ0v) is 10.4. The first-order valence-electron chi connectivity index (χ1n) is 5.10. The Morgan fingerprint density at radius 3 is 3.07 bits per heavy atom. The number of pyridine rings is 1. The fourth-order valence-electron chi connectivity index (χ4n) is 1.97. The van der Waals surface area contributed by atoms with Crippen LogP contribution in [0.15, 0.2) is 22.9 Å². The SMILES string of the molecule is C[C@]1(O)CCN(Cc2ccnc(Br)c2)C1. The van der Waals surface area contributed by atoms with Gasteiger partial charge in [0.1, 0.15) is 4.60 Å². The van der Waals surface area contributed by atoms with Crippen molar-refractivity contribution >= 4 is 15.9 Å². The first-order valence-corrected chi connectivity index (χ1v) is 5.90. The van der Waals surface area contributed by atoms with E-state index >= 15 is 0 Å².